The Morgan fingerprint density at radius 2 is 2.31 bits per heavy atom. The van der Waals surface area contributed by atoms with Crippen molar-refractivity contribution >= 4 is 27.6 Å². The van der Waals surface area contributed by atoms with Crippen molar-refractivity contribution in [3.8, 4) is 0 Å². The second-order valence-corrected chi connectivity index (χ2v) is 3.00. The summed E-state index contributed by atoms with van der Waals surface area (Å²) in [5.74, 6) is -0.850. The first-order valence-corrected chi connectivity index (χ1v) is 4.11. The van der Waals surface area contributed by atoms with Crippen LogP contribution in [0.2, 0.25) is 0 Å². The molecule has 0 saturated heterocycles. The van der Waals surface area contributed by atoms with E-state index in [1.807, 2.05) is 0 Å². The molecule has 1 aromatic heterocycles. The third kappa shape index (κ3) is 2.59. The normalized spacial score (nSPS) is 11.6. The summed E-state index contributed by atoms with van der Waals surface area (Å²) in [6, 6.07) is 3.10. The lowest BCUT2D eigenvalue weighted by atomic mass is 10.2. The molecule has 0 fully saturated rings. The van der Waals surface area contributed by atoms with Crippen molar-refractivity contribution in [3.05, 3.63) is 22.6 Å². The summed E-state index contributed by atoms with van der Waals surface area (Å²) < 4.78 is 5.45. The van der Waals surface area contributed by atoms with Crippen molar-refractivity contribution in [1.29, 1.82) is 0 Å². The van der Waals surface area contributed by atoms with Crippen LogP contribution in [0, 0.1) is 0 Å². The number of carbonyl (C=O) groups is 1. The van der Waals surface area contributed by atoms with Crippen LogP contribution in [0.4, 0.5) is 0 Å². The topological polar surface area (TPSA) is 83.0 Å². The maximum absolute atomic E-state index is 10.3. The molecule has 0 radical (unpaired) electrons. The summed E-state index contributed by atoms with van der Waals surface area (Å²) in [6.45, 7) is 0. The highest BCUT2D eigenvalue weighted by molar-refractivity contribution is 9.10. The van der Waals surface area contributed by atoms with Gasteiger partial charge in [0.2, 0.25) is 0 Å². The van der Waals surface area contributed by atoms with Gasteiger partial charge in [-0.05, 0) is 28.1 Å². The lowest BCUT2D eigenvalue weighted by Crippen LogP contribution is -2.07. The third-order valence-corrected chi connectivity index (χ3v) is 1.72. The van der Waals surface area contributed by atoms with Crippen molar-refractivity contribution < 1.29 is 19.5 Å². The Balaban J connectivity index is 2.85. The molecule has 6 heteroatoms. The molecule has 0 saturated carbocycles. The molecule has 0 aromatic carbocycles. The molecule has 1 heterocycles. The van der Waals surface area contributed by atoms with Crippen LogP contribution in [-0.2, 0) is 4.79 Å². The quantitative estimate of drug-likeness (QED) is 0.484. The number of oxime groups is 1. The molecule has 5 nitrogen and oxygen atoms in total. The Morgan fingerprint density at radius 3 is 2.69 bits per heavy atom. The standard InChI is InChI=1S/C7H6BrNO4/c8-6-2-1-5(13-6)4(9-12)3-7(10)11/h1-2,12H,3H2,(H,10,11)/b9-4-. The molecule has 2 N–H and O–H groups in total. The first-order chi connectivity index (χ1) is 6.13. The molecule has 0 amide bonds. The van der Waals surface area contributed by atoms with E-state index >= 15 is 0 Å². The number of hydrogen-bond acceptors (Lipinski definition) is 4. The van der Waals surface area contributed by atoms with E-state index in [1.165, 1.54) is 6.07 Å². The molecule has 0 atom stereocenters. The van der Waals surface area contributed by atoms with E-state index in [0.717, 1.165) is 0 Å². The van der Waals surface area contributed by atoms with Crippen molar-refractivity contribution in [2.45, 2.75) is 6.42 Å². The minimum Gasteiger partial charge on any atom is -0.481 e. The summed E-state index contributed by atoms with van der Waals surface area (Å²) in [5.41, 5.74) is -0.0156. The van der Waals surface area contributed by atoms with Gasteiger partial charge in [-0.25, -0.2) is 0 Å². The maximum atomic E-state index is 10.3. The number of rotatable bonds is 3. The average Bonchev–Trinajstić information content (AvgIpc) is 2.47. The van der Waals surface area contributed by atoms with Gasteiger partial charge in [0, 0.05) is 0 Å². The molecule has 0 aliphatic carbocycles. The maximum Gasteiger partial charge on any atom is 0.309 e. The van der Waals surface area contributed by atoms with Gasteiger partial charge in [-0.1, -0.05) is 5.16 Å². The van der Waals surface area contributed by atoms with Crippen LogP contribution in [0.3, 0.4) is 0 Å². The molecular weight excluding hydrogens is 242 g/mol. The minimum atomic E-state index is -1.08. The predicted molar refractivity (Wildman–Crippen MR) is 47.0 cm³/mol. The van der Waals surface area contributed by atoms with Crippen LogP contribution >= 0.6 is 15.9 Å². The molecule has 1 rings (SSSR count). The fourth-order valence-corrected chi connectivity index (χ4v) is 1.09. The van der Waals surface area contributed by atoms with E-state index in [9.17, 15) is 4.79 Å². The highest BCUT2D eigenvalue weighted by Crippen LogP contribution is 2.15. The van der Waals surface area contributed by atoms with Crippen molar-refractivity contribution in [1.82, 2.24) is 0 Å². The largest absolute Gasteiger partial charge is 0.481 e. The van der Waals surface area contributed by atoms with E-state index in [1.54, 1.807) is 6.07 Å². The van der Waals surface area contributed by atoms with Crippen LogP contribution < -0.4 is 0 Å². The number of carboxylic acids is 1. The Hall–Kier alpha value is -1.30. The second kappa shape index (κ2) is 4.08. The summed E-state index contributed by atoms with van der Waals surface area (Å²) in [7, 11) is 0. The summed E-state index contributed by atoms with van der Waals surface area (Å²) >= 11 is 3.05. The number of nitrogens with zero attached hydrogens (tertiary/aromatic N) is 1. The van der Waals surface area contributed by atoms with Gasteiger partial charge in [0.1, 0.15) is 5.71 Å². The van der Waals surface area contributed by atoms with Crippen LogP contribution in [0.15, 0.2) is 26.4 Å². The van der Waals surface area contributed by atoms with Crippen molar-refractivity contribution in [2.24, 2.45) is 5.16 Å². The van der Waals surface area contributed by atoms with Crippen LogP contribution in [0.25, 0.3) is 0 Å². The number of hydrogen-bond donors (Lipinski definition) is 2. The van der Waals surface area contributed by atoms with Crippen molar-refractivity contribution in [3.63, 3.8) is 0 Å². The highest BCUT2D eigenvalue weighted by atomic mass is 79.9. The zero-order chi connectivity index (χ0) is 9.84. The second-order valence-electron chi connectivity index (χ2n) is 2.22. The molecule has 1 aromatic rings. The first-order valence-electron chi connectivity index (χ1n) is 3.32. The van der Waals surface area contributed by atoms with E-state index in [-0.39, 0.29) is 17.9 Å². The van der Waals surface area contributed by atoms with E-state index in [0.29, 0.717) is 4.67 Å². The number of furan rings is 1. The zero-order valence-electron chi connectivity index (χ0n) is 6.40. The third-order valence-electron chi connectivity index (χ3n) is 1.30. The van der Waals surface area contributed by atoms with Crippen molar-refractivity contribution in [2.75, 3.05) is 0 Å². The van der Waals surface area contributed by atoms with Gasteiger partial charge >= 0.3 is 5.97 Å². The van der Waals surface area contributed by atoms with Gasteiger partial charge in [0.15, 0.2) is 10.4 Å². The summed E-state index contributed by atoms with van der Waals surface area (Å²) in [5, 5.41) is 19.8. The van der Waals surface area contributed by atoms with Crippen LogP contribution in [-0.4, -0.2) is 22.0 Å². The number of aliphatic carboxylic acids is 1. The molecule has 0 unspecified atom stereocenters. The van der Waals surface area contributed by atoms with Gasteiger partial charge in [0.25, 0.3) is 0 Å². The van der Waals surface area contributed by atoms with E-state index in [2.05, 4.69) is 21.1 Å². The van der Waals surface area contributed by atoms with Gasteiger partial charge in [0.05, 0.1) is 6.42 Å². The summed E-state index contributed by atoms with van der Waals surface area (Å²) in [4.78, 5) is 10.3. The lowest BCUT2D eigenvalue weighted by Gasteiger charge is -1.95. The highest BCUT2D eigenvalue weighted by Gasteiger charge is 2.12. The molecular formula is C7H6BrNO4. The number of halogens is 1. The van der Waals surface area contributed by atoms with E-state index < -0.39 is 5.97 Å². The first kappa shape index (κ1) is 9.79. The van der Waals surface area contributed by atoms with Crippen LogP contribution in [0.1, 0.15) is 12.2 Å². The van der Waals surface area contributed by atoms with Gasteiger partial charge < -0.3 is 14.7 Å². The molecule has 0 aliphatic heterocycles. The van der Waals surface area contributed by atoms with Gasteiger partial charge in [-0.15, -0.1) is 0 Å². The molecule has 0 aliphatic rings. The predicted octanol–water partition coefficient (Wildman–Crippen LogP) is 1.70. The fraction of sp³-hybridized carbons (Fsp3) is 0.143. The molecule has 13 heavy (non-hydrogen) atoms. The molecule has 0 bridgehead atoms. The Labute approximate surface area is 81.8 Å². The smallest absolute Gasteiger partial charge is 0.309 e. The summed E-state index contributed by atoms with van der Waals surface area (Å²) in [6.07, 6.45) is -0.379. The van der Waals surface area contributed by atoms with Crippen LogP contribution in [0.5, 0.6) is 0 Å². The minimum absolute atomic E-state index is 0.0156. The lowest BCUT2D eigenvalue weighted by molar-refractivity contribution is -0.135. The van der Waals surface area contributed by atoms with E-state index in [4.69, 9.17) is 14.7 Å². The zero-order valence-corrected chi connectivity index (χ0v) is 7.98. The molecule has 0 spiro atoms. The SMILES string of the molecule is O=C(O)C/C(=N/O)c1ccc(Br)o1. The Morgan fingerprint density at radius 1 is 1.62 bits per heavy atom. The average molecular weight is 248 g/mol. The molecule has 70 valence electrons. The Kier molecular flexibility index (Phi) is 3.07. The Bertz CT molecular complexity index is 344. The fourth-order valence-electron chi connectivity index (χ4n) is 0.784. The van der Waals surface area contributed by atoms with Gasteiger partial charge in [-0.3, -0.25) is 4.79 Å². The monoisotopic (exact) mass is 247 g/mol. The van der Waals surface area contributed by atoms with Gasteiger partial charge in [-0.2, -0.15) is 0 Å². The number of carboxylic acid groups (broad SMARTS) is 1.